The van der Waals surface area contributed by atoms with E-state index in [0.29, 0.717) is 12.0 Å². The lowest BCUT2D eigenvalue weighted by Crippen LogP contribution is -2.35. The van der Waals surface area contributed by atoms with E-state index in [9.17, 15) is 9.59 Å². The number of hydrogen-bond donors (Lipinski definition) is 0. The predicted molar refractivity (Wildman–Crippen MR) is 81.4 cm³/mol. The Bertz CT molecular complexity index is 707. The number of carbonyl (C=O) groups excluding carboxylic acids is 2. The number of fused-ring (bicyclic) bond motifs is 3. The van der Waals surface area contributed by atoms with E-state index in [1.165, 1.54) is 10.4 Å². The minimum atomic E-state index is -0.242. The summed E-state index contributed by atoms with van der Waals surface area (Å²) in [7, 11) is 0. The Hall–Kier alpha value is -1.94. The van der Waals surface area contributed by atoms with Crippen LogP contribution in [0.1, 0.15) is 33.3 Å². The number of nitrogens with zero attached hydrogens (tertiary/aromatic N) is 1. The van der Waals surface area contributed by atoms with Crippen LogP contribution in [0.3, 0.4) is 0 Å². The normalized spacial score (nSPS) is 23.8. The number of thiophene rings is 1. The van der Waals surface area contributed by atoms with E-state index >= 15 is 0 Å². The van der Waals surface area contributed by atoms with E-state index in [0.717, 1.165) is 13.0 Å². The fourth-order valence-corrected chi connectivity index (χ4v) is 4.44. The first-order valence-corrected chi connectivity index (χ1v) is 8.08. The van der Waals surface area contributed by atoms with Crippen LogP contribution in [-0.2, 0) is 11.2 Å². The third kappa shape index (κ3) is 1.94. The Morgan fingerprint density at radius 1 is 1.19 bits per heavy atom. The maximum Gasteiger partial charge on any atom is 0.223 e. The van der Waals surface area contributed by atoms with Gasteiger partial charge in [-0.3, -0.25) is 9.59 Å². The molecule has 106 valence electrons. The molecule has 1 aromatic heterocycles. The lowest BCUT2D eigenvalue weighted by Gasteiger charge is -2.32. The number of carbonyl (C=O) groups is 2. The molecule has 3 heterocycles. The van der Waals surface area contributed by atoms with E-state index in [1.54, 1.807) is 11.3 Å². The van der Waals surface area contributed by atoms with E-state index in [2.05, 4.69) is 11.4 Å². The molecule has 0 N–H and O–H groups in total. The largest absolute Gasteiger partial charge is 0.334 e. The Morgan fingerprint density at radius 3 is 2.81 bits per heavy atom. The van der Waals surface area contributed by atoms with Crippen LogP contribution in [0.2, 0.25) is 0 Å². The Morgan fingerprint density at radius 2 is 2.00 bits per heavy atom. The SMILES string of the molecule is O=C(c1ccccc1)[C@@H]1CC(=O)N2CCc3sccc3[C@@H]12. The molecule has 21 heavy (non-hydrogen) atoms. The fourth-order valence-electron chi connectivity index (χ4n) is 3.53. The van der Waals surface area contributed by atoms with Crippen LogP contribution in [0.5, 0.6) is 0 Å². The van der Waals surface area contributed by atoms with Crippen molar-refractivity contribution in [2.45, 2.75) is 18.9 Å². The molecule has 0 saturated carbocycles. The highest BCUT2D eigenvalue weighted by Crippen LogP contribution is 2.45. The third-order valence-electron chi connectivity index (χ3n) is 4.51. The lowest BCUT2D eigenvalue weighted by atomic mass is 9.86. The summed E-state index contributed by atoms with van der Waals surface area (Å²) in [5.74, 6) is -0.0322. The number of benzene rings is 1. The first-order chi connectivity index (χ1) is 10.3. The summed E-state index contributed by atoms with van der Waals surface area (Å²) in [5, 5.41) is 2.07. The van der Waals surface area contributed by atoms with Gasteiger partial charge in [0.05, 0.1) is 12.0 Å². The second-order valence-electron chi connectivity index (χ2n) is 5.62. The zero-order chi connectivity index (χ0) is 14.4. The van der Waals surface area contributed by atoms with Crippen LogP contribution < -0.4 is 0 Å². The van der Waals surface area contributed by atoms with Crippen molar-refractivity contribution in [2.75, 3.05) is 6.54 Å². The molecule has 2 aliphatic rings. The molecule has 1 amide bonds. The first-order valence-electron chi connectivity index (χ1n) is 7.20. The molecular formula is C17H15NO2S. The van der Waals surface area contributed by atoms with Crippen molar-refractivity contribution in [3.63, 3.8) is 0 Å². The minimum Gasteiger partial charge on any atom is -0.334 e. The fraction of sp³-hybridized carbons (Fsp3) is 0.294. The standard InChI is InChI=1S/C17H15NO2S/c19-15-10-13(17(20)11-4-2-1-3-5-11)16-12-7-9-21-14(12)6-8-18(15)16/h1-5,7,9,13,16H,6,8,10H2/t13-,16+/m1/s1. The molecule has 0 radical (unpaired) electrons. The van der Waals surface area contributed by atoms with Crippen LogP contribution in [0.25, 0.3) is 0 Å². The molecule has 1 saturated heterocycles. The van der Waals surface area contributed by atoms with Gasteiger partial charge in [-0.05, 0) is 23.4 Å². The molecule has 4 heteroatoms. The summed E-state index contributed by atoms with van der Waals surface area (Å²) in [4.78, 5) is 28.3. The van der Waals surface area contributed by atoms with Crippen molar-refractivity contribution in [3.8, 4) is 0 Å². The van der Waals surface area contributed by atoms with E-state index in [1.807, 2.05) is 35.2 Å². The predicted octanol–water partition coefficient (Wildman–Crippen LogP) is 3.08. The van der Waals surface area contributed by atoms with E-state index < -0.39 is 0 Å². The smallest absolute Gasteiger partial charge is 0.223 e. The van der Waals surface area contributed by atoms with Gasteiger partial charge < -0.3 is 4.90 Å². The van der Waals surface area contributed by atoms with E-state index in [-0.39, 0.29) is 23.7 Å². The maximum absolute atomic E-state index is 12.8. The van der Waals surface area contributed by atoms with Crippen molar-refractivity contribution in [1.29, 1.82) is 0 Å². The van der Waals surface area contributed by atoms with Gasteiger partial charge in [-0.2, -0.15) is 0 Å². The second-order valence-corrected chi connectivity index (χ2v) is 6.62. The van der Waals surface area contributed by atoms with Crippen LogP contribution in [-0.4, -0.2) is 23.1 Å². The number of Topliss-reactive ketones (excluding diaryl/α,β-unsaturated/α-hetero) is 1. The van der Waals surface area contributed by atoms with Crippen LogP contribution in [0, 0.1) is 5.92 Å². The highest BCUT2D eigenvalue weighted by molar-refractivity contribution is 7.10. The van der Waals surface area contributed by atoms with Gasteiger partial charge in [-0.1, -0.05) is 30.3 Å². The second kappa shape index (κ2) is 4.81. The number of ketones is 1. The number of amides is 1. The van der Waals surface area contributed by atoms with Crippen molar-refractivity contribution >= 4 is 23.0 Å². The maximum atomic E-state index is 12.8. The van der Waals surface area contributed by atoms with Gasteiger partial charge in [0.1, 0.15) is 0 Å². The molecule has 2 aromatic rings. The highest BCUT2D eigenvalue weighted by atomic mass is 32.1. The molecule has 3 nitrogen and oxygen atoms in total. The van der Waals surface area contributed by atoms with Crippen LogP contribution in [0.4, 0.5) is 0 Å². The lowest BCUT2D eigenvalue weighted by molar-refractivity contribution is -0.129. The summed E-state index contributed by atoms with van der Waals surface area (Å²) in [6, 6.07) is 11.4. The van der Waals surface area contributed by atoms with Crippen molar-refractivity contribution in [2.24, 2.45) is 5.92 Å². The quantitative estimate of drug-likeness (QED) is 0.799. The van der Waals surface area contributed by atoms with Gasteiger partial charge in [0, 0.05) is 23.4 Å². The Kier molecular flexibility index (Phi) is 2.93. The monoisotopic (exact) mass is 297 g/mol. The minimum absolute atomic E-state index is 0.0554. The van der Waals surface area contributed by atoms with E-state index in [4.69, 9.17) is 0 Å². The average molecular weight is 297 g/mol. The molecule has 0 bridgehead atoms. The summed E-state index contributed by atoms with van der Waals surface area (Å²) >= 11 is 1.74. The molecule has 4 rings (SSSR count). The Labute approximate surface area is 127 Å². The number of hydrogen-bond acceptors (Lipinski definition) is 3. The molecule has 1 fully saturated rings. The van der Waals surface area contributed by atoms with Gasteiger partial charge in [0.25, 0.3) is 0 Å². The molecule has 0 unspecified atom stereocenters. The summed E-state index contributed by atoms with van der Waals surface area (Å²) in [6.07, 6.45) is 1.26. The van der Waals surface area contributed by atoms with Gasteiger partial charge in [0.15, 0.2) is 5.78 Å². The number of rotatable bonds is 2. The van der Waals surface area contributed by atoms with Gasteiger partial charge in [0.2, 0.25) is 5.91 Å². The highest BCUT2D eigenvalue weighted by Gasteiger charge is 2.46. The van der Waals surface area contributed by atoms with Crippen LogP contribution in [0.15, 0.2) is 41.8 Å². The molecule has 0 spiro atoms. The average Bonchev–Trinajstić information content (AvgIpc) is 3.11. The first kappa shape index (κ1) is 12.8. The summed E-state index contributed by atoms with van der Waals surface area (Å²) in [6.45, 7) is 0.746. The molecule has 2 aliphatic heterocycles. The van der Waals surface area contributed by atoms with Crippen LogP contribution >= 0.6 is 11.3 Å². The molecule has 0 aliphatic carbocycles. The zero-order valence-electron chi connectivity index (χ0n) is 11.5. The van der Waals surface area contributed by atoms with Crippen molar-refractivity contribution in [1.82, 2.24) is 4.90 Å². The topological polar surface area (TPSA) is 37.4 Å². The molecule has 2 atom stereocenters. The Balaban J connectivity index is 1.74. The molecule has 1 aromatic carbocycles. The summed E-state index contributed by atoms with van der Waals surface area (Å²) < 4.78 is 0. The van der Waals surface area contributed by atoms with Gasteiger partial charge in [-0.15, -0.1) is 11.3 Å². The zero-order valence-corrected chi connectivity index (χ0v) is 12.3. The van der Waals surface area contributed by atoms with Crippen molar-refractivity contribution in [3.05, 3.63) is 57.8 Å². The van der Waals surface area contributed by atoms with Gasteiger partial charge in [-0.25, -0.2) is 0 Å². The van der Waals surface area contributed by atoms with Crippen molar-refractivity contribution < 1.29 is 9.59 Å². The third-order valence-corrected chi connectivity index (χ3v) is 5.50. The van der Waals surface area contributed by atoms with Gasteiger partial charge >= 0.3 is 0 Å². The molecular weight excluding hydrogens is 282 g/mol. The summed E-state index contributed by atoms with van der Waals surface area (Å²) in [5.41, 5.74) is 1.89.